The van der Waals surface area contributed by atoms with Crippen molar-refractivity contribution in [3.63, 3.8) is 0 Å². The molecule has 7 heteroatoms. The number of rotatable bonds is 8. The molecule has 0 aliphatic heterocycles. The van der Waals surface area contributed by atoms with Gasteiger partial charge >= 0.3 is 0 Å². The Bertz CT molecular complexity index is 1120. The van der Waals surface area contributed by atoms with Crippen molar-refractivity contribution in [1.82, 2.24) is 10.6 Å². The zero-order valence-corrected chi connectivity index (χ0v) is 19.6. The first-order valence-electron chi connectivity index (χ1n) is 11.1. The molecule has 176 valence electrons. The van der Waals surface area contributed by atoms with Gasteiger partial charge in [0.25, 0.3) is 11.8 Å². The third-order valence-electron chi connectivity index (χ3n) is 4.82. The Balaban J connectivity index is 1.44. The second-order valence-electron chi connectivity index (χ2n) is 8.93. The zero-order valence-electron chi connectivity index (χ0n) is 19.6. The largest absolute Gasteiger partial charge is 0.376 e. The summed E-state index contributed by atoms with van der Waals surface area (Å²) in [7, 11) is 0. The van der Waals surface area contributed by atoms with Crippen LogP contribution >= 0.6 is 0 Å². The Morgan fingerprint density at radius 3 is 1.85 bits per heavy atom. The van der Waals surface area contributed by atoms with Crippen molar-refractivity contribution in [3.8, 4) is 0 Å². The van der Waals surface area contributed by atoms with Crippen LogP contribution in [-0.2, 0) is 11.3 Å². The van der Waals surface area contributed by atoms with Gasteiger partial charge in [0.1, 0.15) is 0 Å². The Kier molecular flexibility index (Phi) is 8.03. The van der Waals surface area contributed by atoms with Crippen LogP contribution in [0.5, 0.6) is 0 Å². The van der Waals surface area contributed by atoms with Crippen molar-refractivity contribution in [2.24, 2.45) is 0 Å². The fourth-order valence-electron chi connectivity index (χ4n) is 3.12. The molecule has 3 amide bonds. The van der Waals surface area contributed by atoms with E-state index in [0.717, 1.165) is 11.3 Å². The second-order valence-corrected chi connectivity index (χ2v) is 8.93. The van der Waals surface area contributed by atoms with Crippen LogP contribution in [0.25, 0.3) is 0 Å². The van der Waals surface area contributed by atoms with Gasteiger partial charge in [0.2, 0.25) is 5.91 Å². The lowest BCUT2D eigenvalue weighted by Gasteiger charge is -2.20. The number of anilines is 2. The molecule has 0 radical (unpaired) electrons. The van der Waals surface area contributed by atoms with Crippen LogP contribution in [0.1, 0.15) is 47.1 Å². The van der Waals surface area contributed by atoms with Crippen molar-refractivity contribution in [1.29, 1.82) is 0 Å². The van der Waals surface area contributed by atoms with Crippen LogP contribution in [0.4, 0.5) is 11.4 Å². The molecule has 0 atom stereocenters. The van der Waals surface area contributed by atoms with E-state index in [4.69, 9.17) is 0 Å². The minimum absolute atomic E-state index is 0.0613. The average Bonchev–Trinajstić information content (AvgIpc) is 2.81. The molecule has 3 rings (SSSR count). The maximum absolute atomic E-state index is 12.3. The normalized spacial score (nSPS) is 10.8. The number of benzene rings is 3. The van der Waals surface area contributed by atoms with E-state index in [1.165, 1.54) is 0 Å². The Labute approximate surface area is 200 Å². The first-order valence-corrected chi connectivity index (χ1v) is 11.1. The molecule has 3 aromatic carbocycles. The molecule has 0 aliphatic carbocycles. The van der Waals surface area contributed by atoms with E-state index in [2.05, 4.69) is 21.3 Å². The second kappa shape index (κ2) is 11.1. The summed E-state index contributed by atoms with van der Waals surface area (Å²) in [6, 6.07) is 23.4. The number of amides is 3. The molecule has 0 saturated carbocycles. The van der Waals surface area contributed by atoms with Crippen molar-refractivity contribution in [2.45, 2.75) is 32.9 Å². The minimum atomic E-state index is -0.320. The van der Waals surface area contributed by atoms with E-state index in [0.29, 0.717) is 23.4 Å². The zero-order chi connectivity index (χ0) is 24.6. The number of nitrogens with one attached hydrogen (secondary N) is 4. The van der Waals surface area contributed by atoms with Gasteiger partial charge in [-0.25, -0.2) is 0 Å². The van der Waals surface area contributed by atoms with Crippen LogP contribution in [-0.4, -0.2) is 29.8 Å². The highest BCUT2D eigenvalue weighted by Crippen LogP contribution is 2.12. The Hall–Kier alpha value is -4.13. The van der Waals surface area contributed by atoms with Gasteiger partial charge in [-0.05, 0) is 74.9 Å². The first kappa shape index (κ1) is 24.5. The predicted octanol–water partition coefficient (Wildman–Crippen LogP) is 4.20. The van der Waals surface area contributed by atoms with Gasteiger partial charge in [0, 0.05) is 34.6 Å². The third kappa shape index (κ3) is 7.78. The lowest BCUT2D eigenvalue weighted by atomic mass is 10.1. The third-order valence-corrected chi connectivity index (χ3v) is 4.82. The molecule has 0 fully saturated rings. The number of hydrogen-bond donors (Lipinski definition) is 4. The first-order chi connectivity index (χ1) is 16.2. The Morgan fingerprint density at radius 2 is 1.26 bits per heavy atom. The molecular weight excluding hydrogens is 428 g/mol. The van der Waals surface area contributed by atoms with Gasteiger partial charge in [0.15, 0.2) is 0 Å². The molecule has 0 heterocycles. The van der Waals surface area contributed by atoms with E-state index in [1.807, 2.05) is 51.1 Å². The summed E-state index contributed by atoms with van der Waals surface area (Å²) >= 11 is 0. The van der Waals surface area contributed by atoms with Crippen molar-refractivity contribution >= 4 is 29.1 Å². The maximum Gasteiger partial charge on any atom is 0.251 e. The van der Waals surface area contributed by atoms with E-state index in [1.54, 1.807) is 48.5 Å². The molecule has 0 aliphatic rings. The van der Waals surface area contributed by atoms with Crippen LogP contribution in [0.3, 0.4) is 0 Å². The van der Waals surface area contributed by atoms with E-state index >= 15 is 0 Å². The van der Waals surface area contributed by atoms with Gasteiger partial charge in [-0.15, -0.1) is 0 Å². The summed E-state index contributed by atoms with van der Waals surface area (Å²) < 4.78 is 0. The summed E-state index contributed by atoms with van der Waals surface area (Å²) in [6.07, 6.45) is 0. The van der Waals surface area contributed by atoms with Gasteiger partial charge in [-0.1, -0.05) is 30.3 Å². The smallest absolute Gasteiger partial charge is 0.251 e. The monoisotopic (exact) mass is 458 g/mol. The molecule has 4 N–H and O–H groups in total. The summed E-state index contributed by atoms with van der Waals surface area (Å²) in [5, 5.41) is 11.6. The highest BCUT2D eigenvalue weighted by Gasteiger charge is 2.15. The highest BCUT2D eigenvalue weighted by molar-refractivity contribution is 5.97. The van der Waals surface area contributed by atoms with Crippen LogP contribution in [0, 0.1) is 0 Å². The highest BCUT2D eigenvalue weighted by atomic mass is 16.2. The quantitative estimate of drug-likeness (QED) is 0.407. The average molecular weight is 459 g/mol. The fraction of sp³-hybridized carbons (Fsp3) is 0.222. The van der Waals surface area contributed by atoms with Crippen LogP contribution < -0.4 is 21.3 Å². The topological polar surface area (TPSA) is 99.3 Å². The fourth-order valence-corrected chi connectivity index (χ4v) is 3.12. The van der Waals surface area contributed by atoms with Gasteiger partial charge in [-0.2, -0.15) is 0 Å². The SMILES string of the molecule is CC(C)(C)NC(=O)c1ccc(NC(=O)CNc2ccc(C(=O)NCc3ccccc3)cc2)cc1. The molecule has 0 bridgehead atoms. The number of carbonyl (C=O) groups excluding carboxylic acids is 3. The number of hydrogen-bond acceptors (Lipinski definition) is 4. The number of carbonyl (C=O) groups is 3. The van der Waals surface area contributed by atoms with Gasteiger partial charge in [0.05, 0.1) is 6.54 Å². The molecule has 0 unspecified atom stereocenters. The summed E-state index contributed by atoms with van der Waals surface area (Å²) in [6.45, 7) is 6.27. The van der Waals surface area contributed by atoms with Crippen LogP contribution in [0.2, 0.25) is 0 Å². The predicted molar refractivity (Wildman–Crippen MR) is 135 cm³/mol. The molecular formula is C27H30N4O3. The molecule has 0 saturated heterocycles. The summed E-state index contributed by atoms with van der Waals surface area (Å²) in [5.74, 6) is -0.548. The standard InChI is InChI=1S/C27H30N4O3/c1-27(2,3)31-26(34)21-11-15-23(16-12-21)30-24(32)18-28-22-13-9-20(10-14-22)25(33)29-17-19-7-5-4-6-8-19/h4-16,28H,17-18H2,1-3H3,(H,29,33)(H,30,32)(H,31,34). The minimum Gasteiger partial charge on any atom is -0.376 e. The van der Waals surface area contributed by atoms with Crippen molar-refractivity contribution in [3.05, 3.63) is 95.6 Å². The van der Waals surface area contributed by atoms with Crippen molar-refractivity contribution in [2.75, 3.05) is 17.2 Å². The molecule has 34 heavy (non-hydrogen) atoms. The summed E-state index contributed by atoms with van der Waals surface area (Å²) in [4.78, 5) is 36.8. The van der Waals surface area contributed by atoms with Crippen molar-refractivity contribution < 1.29 is 14.4 Å². The Morgan fingerprint density at radius 1 is 0.706 bits per heavy atom. The van der Waals surface area contributed by atoms with E-state index < -0.39 is 0 Å². The van der Waals surface area contributed by atoms with Gasteiger partial charge in [-0.3, -0.25) is 14.4 Å². The van der Waals surface area contributed by atoms with Crippen LogP contribution in [0.15, 0.2) is 78.9 Å². The molecule has 0 spiro atoms. The van der Waals surface area contributed by atoms with E-state index in [-0.39, 0.29) is 29.8 Å². The van der Waals surface area contributed by atoms with E-state index in [9.17, 15) is 14.4 Å². The van der Waals surface area contributed by atoms with Gasteiger partial charge < -0.3 is 21.3 Å². The molecule has 3 aromatic rings. The lowest BCUT2D eigenvalue weighted by molar-refractivity contribution is -0.114. The molecule has 7 nitrogen and oxygen atoms in total. The molecule has 0 aromatic heterocycles. The lowest BCUT2D eigenvalue weighted by Crippen LogP contribution is -2.40. The maximum atomic E-state index is 12.3. The summed E-state index contributed by atoms with van der Waals surface area (Å²) in [5.41, 5.74) is 3.11.